The van der Waals surface area contributed by atoms with Gasteiger partial charge in [0, 0.05) is 0 Å². The SMILES string of the molecule is ICCCCCCCCCCCCCCCCCCCC(I)I. The van der Waals surface area contributed by atoms with Crippen LogP contribution in [-0.4, -0.2) is 6.36 Å². The van der Waals surface area contributed by atoms with Crippen LogP contribution < -0.4 is 0 Å². The zero-order valence-electron chi connectivity index (χ0n) is 15.1. The molecule has 0 aromatic heterocycles. The Balaban J connectivity index is 2.95. The van der Waals surface area contributed by atoms with Crippen LogP contribution in [0.25, 0.3) is 0 Å². The van der Waals surface area contributed by atoms with E-state index in [1.54, 1.807) is 0 Å². The molecule has 0 N–H and O–H groups in total. The molecule has 3 heteroatoms. The molecule has 0 saturated heterocycles. The Hall–Kier alpha value is 2.19. The van der Waals surface area contributed by atoms with Gasteiger partial charge in [0.2, 0.25) is 0 Å². The van der Waals surface area contributed by atoms with Gasteiger partial charge in [-0.1, -0.05) is 171 Å². The van der Waals surface area contributed by atoms with Gasteiger partial charge in [-0.2, -0.15) is 0 Å². The van der Waals surface area contributed by atoms with E-state index in [1.807, 2.05) is 0 Å². The highest BCUT2D eigenvalue weighted by Gasteiger charge is 1.97. The number of unbranched alkanes of at least 4 members (excludes halogenated alkanes) is 16. The first kappa shape index (κ1) is 25.2. The predicted octanol–water partition coefficient (Wildman–Crippen LogP) is 9.64. The lowest BCUT2D eigenvalue weighted by Gasteiger charge is -2.04. The highest BCUT2D eigenvalue weighted by molar-refractivity contribution is 14.2. The number of hydrogen-bond acceptors (Lipinski definition) is 0. The number of alkyl halides is 3. The summed E-state index contributed by atoms with van der Waals surface area (Å²) in [6, 6.07) is 0. The lowest BCUT2D eigenvalue weighted by atomic mass is 10.0. The molecular weight excluding hydrogens is 621 g/mol. The Morgan fingerprint density at radius 1 is 0.391 bits per heavy atom. The van der Waals surface area contributed by atoms with Crippen molar-refractivity contribution in [3.63, 3.8) is 0 Å². The molecule has 0 spiro atoms. The monoisotopic (exact) mass is 660 g/mol. The summed E-state index contributed by atoms with van der Waals surface area (Å²) in [5.74, 6) is 0. The Kier molecular flexibility index (Phi) is 24.3. The molecular formula is C20H39I3. The molecule has 0 unspecified atom stereocenters. The zero-order chi connectivity index (χ0) is 17.0. The minimum Gasteiger partial charge on any atom is -0.0864 e. The summed E-state index contributed by atoms with van der Waals surface area (Å²) in [6.45, 7) is 0. The first-order valence-electron chi connectivity index (χ1n) is 10.1. The molecule has 0 bridgehead atoms. The first-order chi connectivity index (χ1) is 11.3. The molecule has 0 aliphatic heterocycles. The fourth-order valence-electron chi connectivity index (χ4n) is 3.04. The third-order valence-corrected chi connectivity index (χ3v) is 6.56. The number of rotatable bonds is 19. The Morgan fingerprint density at radius 2 is 0.652 bits per heavy atom. The average molecular weight is 660 g/mol. The Bertz CT molecular complexity index is 207. The molecule has 0 aromatic rings. The zero-order valence-corrected chi connectivity index (χ0v) is 21.6. The maximum Gasteiger partial charge on any atom is 0.0626 e. The molecule has 0 aromatic carbocycles. The van der Waals surface area contributed by atoms with Crippen LogP contribution in [0.2, 0.25) is 0 Å². The van der Waals surface area contributed by atoms with E-state index in [0.717, 1.165) is 1.93 Å². The van der Waals surface area contributed by atoms with Gasteiger partial charge in [-0.05, 0) is 17.3 Å². The maximum atomic E-state index is 2.53. The van der Waals surface area contributed by atoms with Gasteiger partial charge in [0.25, 0.3) is 0 Å². The lowest BCUT2D eigenvalue weighted by Crippen LogP contribution is -1.86. The van der Waals surface area contributed by atoms with E-state index >= 15 is 0 Å². The van der Waals surface area contributed by atoms with Crippen molar-refractivity contribution in [2.24, 2.45) is 0 Å². The summed E-state index contributed by atoms with van der Waals surface area (Å²) in [6.07, 6.45) is 26.5. The average Bonchev–Trinajstić information content (AvgIpc) is 2.53. The van der Waals surface area contributed by atoms with Gasteiger partial charge in [0.1, 0.15) is 0 Å². The highest BCUT2D eigenvalue weighted by atomic mass is 127. The van der Waals surface area contributed by atoms with Crippen LogP contribution in [0.5, 0.6) is 0 Å². The minimum absolute atomic E-state index is 0.839. The van der Waals surface area contributed by atoms with Gasteiger partial charge in [0.15, 0.2) is 0 Å². The summed E-state index contributed by atoms with van der Waals surface area (Å²) >= 11 is 7.56. The van der Waals surface area contributed by atoms with E-state index in [9.17, 15) is 0 Å². The van der Waals surface area contributed by atoms with Gasteiger partial charge in [-0.15, -0.1) is 0 Å². The largest absolute Gasteiger partial charge is 0.0864 e. The minimum atomic E-state index is 0.839. The van der Waals surface area contributed by atoms with E-state index in [-0.39, 0.29) is 0 Å². The van der Waals surface area contributed by atoms with E-state index in [0.29, 0.717) is 0 Å². The number of hydrogen-bond donors (Lipinski definition) is 0. The van der Waals surface area contributed by atoms with Crippen molar-refractivity contribution in [1.29, 1.82) is 0 Å². The molecule has 0 nitrogen and oxygen atoms in total. The number of halogens is 3. The highest BCUT2D eigenvalue weighted by Crippen LogP contribution is 2.19. The van der Waals surface area contributed by atoms with Crippen LogP contribution in [0.1, 0.15) is 116 Å². The Morgan fingerprint density at radius 3 is 0.913 bits per heavy atom. The second-order valence-corrected chi connectivity index (χ2v) is 13.3. The fourth-order valence-corrected chi connectivity index (χ4v) is 4.46. The van der Waals surface area contributed by atoms with E-state index < -0.39 is 0 Å². The van der Waals surface area contributed by atoms with E-state index in [4.69, 9.17) is 0 Å². The smallest absolute Gasteiger partial charge is 0.0626 e. The predicted molar refractivity (Wildman–Crippen MR) is 134 cm³/mol. The van der Waals surface area contributed by atoms with Gasteiger partial charge < -0.3 is 0 Å². The topological polar surface area (TPSA) is 0 Å². The maximum absolute atomic E-state index is 2.53. The standard InChI is InChI=1S/C20H39I3/c21-19-17-15-13-11-9-7-5-3-1-2-4-6-8-10-12-14-16-18-20(22)23/h20H,1-19H2. The molecule has 0 amide bonds. The van der Waals surface area contributed by atoms with Crippen molar-refractivity contribution >= 4 is 67.8 Å². The van der Waals surface area contributed by atoms with Gasteiger partial charge >= 0.3 is 0 Å². The summed E-state index contributed by atoms with van der Waals surface area (Å²) in [7, 11) is 0. The van der Waals surface area contributed by atoms with E-state index in [1.165, 1.54) is 120 Å². The molecule has 0 aliphatic carbocycles. The van der Waals surface area contributed by atoms with Crippen LogP contribution in [-0.2, 0) is 0 Å². The van der Waals surface area contributed by atoms with Gasteiger partial charge in [0.05, 0.1) is 1.93 Å². The molecule has 0 atom stereocenters. The third-order valence-electron chi connectivity index (χ3n) is 4.56. The molecule has 0 rings (SSSR count). The molecule has 0 radical (unpaired) electrons. The van der Waals surface area contributed by atoms with Crippen molar-refractivity contribution < 1.29 is 0 Å². The van der Waals surface area contributed by atoms with E-state index in [2.05, 4.69) is 67.8 Å². The van der Waals surface area contributed by atoms with Crippen LogP contribution >= 0.6 is 67.8 Å². The van der Waals surface area contributed by atoms with Gasteiger partial charge in [-0.25, -0.2) is 0 Å². The third kappa shape index (κ3) is 24.2. The van der Waals surface area contributed by atoms with Crippen molar-refractivity contribution in [1.82, 2.24) is 0 Å². The van der Waals surface area contributed by atoms with Crippen LogP contribution in [0, 0.1) is 0 Å². The van der Waals surface area contributed by atoms with Crippen molar-refractivity contribution in [3.8, 4) is 0 Å². The fraction of sp³-hybridized carbons (Fsp3) is 1.00. The summed E-state index contributed by atoms with van der Waals surface area (Å²) in [5, 5.41) is 0. The van der Waals surface area contributed by atoms with Crippen LogP contribution in [0.4, 0.5) is 0 Å². The molecule has 140 valence electrons. The summed E-state index contributed by atoms with van der Waals surface area (Å²) in [4.78, 5) is 0. The second kappa shape index (κ2) is 22.2. The van der Waals surface area contributed by atoms with Gasteiger partial charge in [-0.3, -0.25) is 0 Å². The van der Waals surface area contributed by atoms with Crippen molar-refractivity contribution in [3.05, 3.63) is 0 Å². The first-order valence-corrected chi connectivity index (χ1v) is 14.1. The van der Waals surface area contributed by atoms with Crippen LogP contribution in [0.15, 0.2) is 0 Å². The normalized spacial score (nSPS) is 11.5. The molecule has 0 aliphatic rings. The van der Waals surface area contributed by atoms with Crippen molar-refractivity contribution in [2.75, 3.05) is 4.43 Å². The lowest BCUT2D eigenvalue weighted by molar-refractivity contribution is 0.527. The molecule has 0 saturated carbocycles. The molecule has 0 fully saturated rings. The summed E-state index contributed by atoms with van der Waals surface area (Å²) < 4.78 is 2.18. The Labute approximate surface area is 187 Å². The second-order valence-electron chi connectivity index (χ2n) is 6.88. The molecule has 23 heavy (non-hydrogen) atoms. The summed E-state index contributed by atoms with van der Waals surface area (Å²) in [5.41, 5.74) is 0. The van der Waals surface area contributed by atoms with Crippen molar-refractivity contribution in [2.45, 2.75) is 118 Å². The quantitative estimate of drug-likeness (QED) is 0.0736. The van der Waals surface area contributed by atoms with Crippen LogP contribution in [0.3, 0.4) is 0 Å². The molecule has 0 heterocycles.